The third kappa shape index (κ3) is 4.73. The second-order valence-electron chi connectivity index (χ2n) is 15.6. The molecule has 274 valence electrons. The van der Waals surface area contributed by atoms with E-state index >= 15 is 0 Å². The van der Waals surface area contributed by atoms with E-state index in [-0.39, 0.29) is 11.8 Å². The van der Waals surface area contributed by atoms with Crippen molar-refractivity contribution in [1.29, 1.82) is 0 Å². The van der Waals surface area contributed by atoms with Gasteiger partial charge in [-0.05, 0) is 63.6 Å². The molecule has 2 aliphatic rings. The lowest BCUT2D eigenvalue weighted by Crippen LogP contribution is -2.30. The van der Waals surface area contributed by atoms with Gasteiger partial charge in [0.15, 0.2) is 0 Å². The number of hydrogen-bond acceptors (Lipinski definition) is 4. The molecule has 0 bridgehead atoms. The highest BCUT2D eigenvalue weighted by Gasteiger charge is 2.50. The molecule has 0 radical (unpaired) electrons. The van der Waals surface area contributed by atoms with E-state index in [0.29, 0.717) is 0 Å². The number of hydrogen-bond donors (Lipinski definition) is 0. The van der Waals surface area contributed by atoms with Crippen molar-refractivity contribution in [3.8, 4) is 22.5 Å². The first-order valence-electron chi connectivity index (χ1n) is 20.0. The first-order valence-corrected chi connectivity index (χ1v) is 20.8. The fourth-order valence-corrected chi connectivity index (χ4v) is 11.2. The van der Waals surface area contributed by atoms with Crippen LogP contribution in [0.5, 0.6) is 0 Å². The Balaban J connectivity index is 1.16. The number of para-hydroxylation sites is 2. The van der Waals surface area contributed by atoms with E-state index in [4.69, 9.17) is 14.4 Å². The van der Waals surface area contributed by atoms with Crippen LogP contribution in [0.1, 0.15) is 40.9 Å². The molecule has 2 atom stereocenters. The van der Waals surface area contributed by atoms with Crippen LogP contribution >= 0.6 is 11.3 Å². The van der Waals surface area contributed by atoms with Crippen molar-refractivity contribution in [2.45, 2.75) is 18.3 Å². The smallest absolute Gasteiger partial charge is 0.144 e. The minimum absolute atomic E-state index is 0.120. The molecule has 58 heavy (non-hydrogen) atoms. The fraction of sp³-hybridized carbons (Fsp3) is 0.0741. The van der Waals surface area contributed by atoms with E-state index in [1.54, 1.807) is 0 Å². The van der Waals surface area contributed by atoms with Gasteiger partial charge in [-0.25, -0.2) is 9.97 Å². The molecule has 0 fully saturated rings. The number of allylic oxidation sites excluding steroid dienone is 4. The molecule has 4 heteroatoms. The van der Waals surface area contributed by atoms with E-state index in [0.717, 1.165) is 50.3 Å². The average Bonchev–Trinajstić information content (AvgIpc) is 3.95. The van der Waals surface area contributed by atoms with Gasteiger partial charge in [-0.1, -0.05) is 171 Å². The maximum atomic E-state index is 6.66. The zero-order chi connectivity index (χ0) is 38.4. The summed E-state index contributed by atoms with van der Waals surface area (Å²) in [5.41, 5.74) is 12.7. The lowest BCUT2D eigenvalue weighted by molar-refractivity contribution is 0.609. The monoisotopic (exact) mass is 760 g/mol. The molecule has 0 saturated carbocycles. The molecule has 3 aromatic heterocycles. The third-order valence-electron chi connectivity index (χ3n) is 12.5. The van der Waals surface area contributed by atoms with Crippen molar-refractivity contribution < 1.29 is 4.42 Å². The van der Waals surface area contributed by atoms with Crippen LogP contribution in [-0.2, 0) is 5.41 Å². The van der Waals surface area contributed by atoms with Crippen molar-refractivity contribution in [1.82, 2.24) is 9.97 Å². The molecule has 3 heterocycles. The molecule has 0 amide bonds. The molecule has 7 aromatic carbocycles. The maximum Gasteiger partial charge on any atom is 0.144 e. The Labute approximate surface area is 340 Å². The Kier molecular flexibility index (Phi) is 7.36. The minimum atomic E-state index is -0.508. The zero-order valence-electron chi connectivity index (χ0n) is 31.8. The highest BCUT2D eigenvalue weighted by atomic mass is 32.1. The molecular weight excluding hydrogens is 725 g/mol. The Bertz CT molecular complexity index is 3150. The van der Waals surface area contributed by atoms with Crippen LogP contribution < -0.4 is 0 Å². The summed E-state index contributed by atoms with van der Waals surface area (Å²) >= 11 is 1.83. The lowest BCUT2D eigenvalue weighted by Gasteiger charge is -2.36. The third-order valence-corrected chi connectivity index (χ3v) is 13.7. The van der Waals surface area contributed by atoms with Crippen molar-refractivity contribution in [2.75, 3.05) is 0 Å². The van der Waals surface area contributed by atoms with Gasteiger partial charge in [0, 0.05) is 42.1 Å². The molecular formula is C54H36N2OS. The zero-order valence-corrected chi connectivity index (χ0v) is 32.6. The topological polar surface area (TPSA) is 38.9 Å². The van der Waals surface area contributed by atoms with E-state index in [1.807, 2.05) is 23.5 Å². The van der Waals surface area contributed by atoms with Crippen LogP contribution in [0.25, 0.3) is 70.2 Å². The summed E-state index contributed by atoms with van der Waals surface area (Å²) in [6.45, 7) is 2.32. The van der Waals surface area contributed by atoms with Crippen molar-refractivity contribution in [3.63, 3.8) is 0 Å². The SMILES string of the molecule is C[C@@H]1C=CC2=C(c3ccccc3C2(c2ccccc2)c2ccccc2)C1c1nc(-c2cccc3c2oc2ccccc23)cc(-c2cccc3c2sc2ccccc23)n1. The Morgan fingerprint density at radius 2 is 1.16 bits per heavy atom. The molecule has 2 aliphatic carbocycles. The number of fused-ring (bicyclic) bond motifs is 8. The van der Waals surface area contributed by atoms with Crippen molar-refractivity contribution >= 4 is 59.0 Å². The van der Waals surface area contributed by atoms with Gasteiger partial charge in [-0.15, -0.1) is 11.3 Å². The van der Waals surface area contributed by atoms with Crippen LogP contribution in [0, 0.1) is 5.92 Å². The summed E-state index contributed by atoms with van der Waals surface area (Å²) in [6.07, 6.45) is 4.78. The summed E-state index contributed by atoms with van der Waals surface area (Å²) in [5, 5.41) is 4.71. The molecule has 10 aromatic rings. The van der Waals surface area contributed by atoms with E-state index in [9.17, 15) is 0 Å². The standard InChI is InChI=1S/C54H36N2OS/c1-33-30-31-44-50(40-22-8-11-27-43(40)54(44,34-16-4-2-5-17-34)35-18-6-3-7-19-35)49(33)53-55-45(41-25-14-23-38-36-20-9-12-28-47(36)57-51(38)41)32-46(56-53)42-26-15-24-39-37-21-10-13-29-48(37)58-52(39)42/h2-33,49H,1H3/t33-,49?/m1/s1. The van der Waals surface area contributed by atoms with Crippen molar-refractivity contribution in [2.24, 2.45) is 5.92 Å². The molecule has 0 saturated heterocycles. The molecule has 1 unspecified atom stereocenters. The fourth-order valence-electron chi connectivity index (χ4n) is 10.0. The lowest BCUT2D eigenvalue weighted by atomic mass is 9.65. The van der Waals surface area contributed by atoms with Gasteiger partial charge in [-0.3, -0.25) is 0 Å². The average molecular weight is 761 g/mol. The van der Waals surface area contributed by atoms with Gasteiger partial charge in [0.2, 0.25) is 0 Å². The Morgan fingerprint density at radius 3 is 1.95 bits per heavy atom. The molecule has 0 aliphatic heterocycles. The summed E-state index contributed by atoms with van der Waals surface area (Å²) in [5.74, 6) is 0.819. The Morgan fingerprint density at radius 1 is 0.552 bits per heavy atom. The van der Waals surface area contributed by atoms with E-state index in [2.05, 4.69) is 183 Å². The minimum Gasteiger partial charge on any atom is -0.455 e. The normalized spacial score (nSPS) is 17.1. The van der Waals surface area contributed by atoms with Gasteiger partial charge in [0.25, 0.3) is 0 Å². The maximum absolute atomic E-state index is 6.66. The van der Waals surface area contributed by atoms with Gasteiger partial charge in [-0.2, -0.15) is 0 Å². The quantitative estimate of drug-likeness (QED) is 0.175. The second kappa shape index (κ2) is 12.8. The second-order valence-corrected chi connectivity index (χ2v) is 16.7. The number of rotatable bonds is 5. The largest absolute Gasteiger partial charge is 0.455 e. The number of aromatic nitrogens is 2. The van der Waals surface area contributed by atoms with Crippen LogP contribution in [0.4, 0.5) is 0 Å². The number of nitrogens with zero attached hydrogens (tertiary/aromatic N) is 2. The first-order chi connectivity index (χ1) is 28.7. The van der Waals surface area contributed by atoms with E-state index < -0.39 is 5.41 Å². The summed E-state index contributed by atoms with van der Waals surface area (Å²) < 4.78 is 9.17. The van der Waals surface area contributed by atoms with Crippen LogP contribution in [0.2, 0.25) is 0 Å². The molecule has 0 N–H and O–H groups in total. The molecule has 3 nitrogen and oxygen atoms in total. The van der Waals surface area contributed by atoms with Gasteiger partial charge < -0.3 is 4.42 Å². The van der Waals surface area contributed by atoms with Gasteiger partial charge >= 0.3 is 0 Å². The van der Waals surface area contributed by atoms with Crippen LogP contribution in [0.15, 0.2) is 198 Å². The number of thiophene rings is 1. The van der Waals surface area contributed by atoms with Crippen LogP contribution in [-0.4, -0.2) is 9.97 Å². The highest BCUT2D eigenvalue weighted by Crippen LogP contribution is 2.60. The number of benzene rings is 7. The Hall–Kier alpha value is -6.88. The predicted molar refractivity (Wildman–Crippen MR) is 240 cm³/mol. The van der Waals surface area contributed by atoms with E-state index in [1.165, 1.54) is 53.6 Å². The van der Waals surface area contributed by atoms with Crippen molar-refractivity contribution in [3.05, 3.63) is 222 Å². The highest BCUT2D eigenvalue weighted by molar-refractivity contribution is 7.26. The predicted octanol–water partition coefficient (Wildman–Crippen LogP) is 14.2. The summed E-state index contributed by atoms with van der Waals surface area (Å²) in [6, 6.07) is 63.3. The van der Waals surface area contributed by atoms with Gasteiger partial charge in [0.05, 0.1) is 22.7 Å². The van der Waals surface area contributed by atoms with Crippen LogP contribution in [0.3, 0.4) is 0 Å². The summed E-state index contributed by atoms with van der Waals surface area (Å²) in [4.78, 5) is 11.3. The molecule has 12 rings (SSSR count). The molecule has 0 spiro atoms. The van der Waals surface area contributed by atoms with Gasteiger partial charge in [0.1, 0.15) is 17.0 Å². The number of furan rings is 1. The summed E-state index contributed by atoms with van der Waals surface area (Å²) in [7, 11) is 0. The first kappa shape index (κ1) is 33.3.